The standard InChI is InChI=1S/C15H19FN2O3S/c1-10-8-11(16)5-6-12(10)15-13(14(15)19)4-3-7-18(15)17-9-22(2,20)21/h5-6,8,13,17H,3-4,7,9H2,1-2H3. The van der Waals surface area contributed by atoms with Crippen LogP contribution in [0, 0.1) is 18.7 Å². The number of fused-ring (bicyclic) bond motifs is 1. The monoisotopic (exact) mass is 326 g/mol. The van der Waals surface area contributed by atoms with E-state index in [1.54, 1.807) is 18.0 Å². The lowest BCUT2D eigenvalue weighted by Gasteiger charge is -2.35. The van der Waals surface area contributed by atoms with Crippen molar-refractivity contribution in [3.05, 3.63) is 35.1 Å². The fraction of sp³-hybridized carbons (Fsp3) is 0.533. The van der Waals surface area contributed by atoms with Crippen LogP contribution < -0.4 is 5.43 Å². The highest BCUT2D eigenvalue weighted by atomic mass is 32.2. The van der Waals surface area contributed by atoms with Gasteiger partial charge in [0.15, 0.2) is 15.6 Å². The van der Waals surface area contributed by atoms with Crippen LogP contribution in [0.15, 0.2) is 18.2 Å². The molecule has 1 aromatic rings. The first-order valence-corrected chi connectivity index (χ1v) is 9.32. The highest BCUT2D eigenvalue weighted by Gasteiger charge is 2.70. The Morgan fingerprint density at radius 2 is 2.18 bits per heavy atom. The van der Waals surface area contributed by atoms with Gasteiger partial charge in [0, 0.05) is 12.8 Å². The molecular weight excluding hydrogens is 307 g/mol. The number of hydrazine groups is 1. The van der Waals surface area contributed by atoms with Gasteiger partial charge in [0.1, 0.15) is 17.2 Å². The van der Waals surface area contributed by atoms with Gasteiger partial charge in [-0.05, 0) is 43.0 Å². The lowest BCUT2D eigenvalue weighted by atomic mass is 9.92. The van der Waals surface area contributed by atoms with E-state index in [2.05, 4.69) is 5.43 Å². The second kappa shape index (κ2) is 5.11. The van der Waals surface area contributed by atoms with Crippen molar-refractivity contribution in [2.45, 2.75) is 25.3 Å². The van der Waals surface area contributed by atoms with Gasteiger partial charge in [0.25, 0.3) is 0 Å². The number of nitrogens with one attached hydrogen (secondary N) is 1. The molecular formula is C15H19FN2O3S. The summed E-state index contributed by atoms with van der Waals surface area (Å²) in [6.07, 6.45) is 2.76. The van der Waals surface area contributed by atoms with E-state index in [4.69, 9.17) is 0 Å². The molecule has 2 fully saturated rings. The number of rotatable bonds is 4. The second-order valence-electron chi connectivity index (χ2n) is 6.16. The van der Waals surface area contributed by atoms with Crippen LogP contribution >= 0.6 is 0 Å². The highest BCUT2D eigenvalue weighted by molar-refractivity contribution is 7.90. The second-order valence-corrected chi connectivity index (χ2v) is 8.30. The van der Waals surface area contributed by atoms with E-state index in [0.29, 0.717) is 12.1 Å². The summed E-state index contributed by atoms with van der Waals surface area (Å²) >= 11 is 0. The van der Waals surface area contributed by atoms with E-state index in [-0.39, 0.29) is 23.4 Å². The van der Waals surface area contributed by atoms with E-state index < -0.39 is 15.4 Å². The molecule has 0 spiro atoms. The Labute approximate surface area is 129 Å². The molecule has 1 N–H and O–H groups in total. The van der Waals surface area contributed by atoms with Crippen LogP contribution in [0.2, 0.25) is 0 Å². The van der Waals surface area contributed by atoms with Crippen LogP contribution in [0.25, 0.3) is 0 Å². The van der Waals surface area contributed by atoms with Gasteiger partial charge in [-0.3, -0.25) is 4.79 Å². The predicted octanol–water partition coefficient (Wildman–Crippen LogP) is 1.13. The minimum atomic E-state index is -3.20. The molecule has 1 saturated heterocycles. The zero-order valence-electron chi connectivity index (χ0n) is 12.6. The Morgan fingerprint density at radius 1 is 1.45 bits per heavy atom. The van der Waals surface area contributed by atoms with Gasteiger partial charge in [-0.25, -0.2) is 23.2 Å². The Bertz CT molecular complexity index is 734. The maximum Gasteiger partial charge on any atom is 0.165 e. The molecule has 1 saturated carbocycles. The Morgan fingerprint density at radius 3 is 2.82 bits per heavy atom. The molecule has 0 bridgehead atoms. The van der Waals surface area contributed by atoms with Crippen molar-refractivity contribution in [1.82, 2.24) is 10.4 Å². The van der Waals surface area contributed by atoms with Gasteiger partial charge >= 0.3 is 0 Å². The number of hydrogen-bond acceptors (Lipinski definition) is 5. The molecule has 2 unspecified atom stereocenters. The Kier molecular flexibility index (Phi) is 3.62. The molecule has 120 valence electrons. The number of Topliss-reactive ketones (excluding diaryl/α,β-unsaturated/α-hetero) is 1. The number of nitrogens with zero attached hydrogens (tertiary/aromatic N) is 1. The van der Waals surface area contributed by atoms with Gasteiger partial charge < -0.3 is 0 Å². The fourth-order valence-electron chi connectivity index (χ4n) is 3.56. The molecule has 0 amide bonds. The molecule has 1 aliphatic carbocycles. The number of carbonyl (C=O) groups is 1. The van der Waals surface area contributed by atoms with Gasteiger partial charge in [-0.15, -0.1) is 0 Å². The Hall–Kier alpha value is -1.31. The molecule has 7 heteroatoms. The summed E-state index contributed by atoms with van der Waals surface area (Å²) in [5.74, 6) is -0.610. The van der Waals surface area contributed by atoms with Crippen molar-refractivity contribution in [1.29, 1.82) is 0 Å². The molecule has 0 radical (unpaired) electrons. The maximum atomic E-state index is 13.4. The van der Waals surface area contributed by atoms with Crippen LogP contribution in [0.1, 0.15) is 24.0 Å². The predicted molar refractivity (Wildman–Crippen MR) is 80.1 cm³/mol. The third-order valence-corrected chi connectivity index (χ3v) is 5.18. The number of sulfone groups is 1. The van der Waals surface area contributed by atoms with Crippen molar-refractivity contribution < 1.29 is 17.6 Å². The van der Waals surface area contributed by atoms with Crippen LogP contribution in [-0.4, -0.2) is 37.9 Å². The van der Waals surface area contributed by atoms with Crippen molar-refractivity contribution >= 4 is 15.6 Å². The number of carbonyl (C=O) groups excluding carboxylic acids is 1. The number of hydrogen-bond donors (Lipinski definition) is 1. The normalized spacial score (nSPS) is 28.5. The summed E-state index contributed by atoms with van der Waals surface area (Å²) < 4.78 is 36.2. The van der Waals surface area contributed by atoms with Gasteiger partial charge in [0.05, 0.1) is 5.92 Å². The number of aryl methyl sites for hydroxylation is 1. The third kappa shape index (κ3) is 2.37. The largest absolute Gasteiger partial charge is 0.297 e. The van der Waals surface area contributed by atoms with Crippen LogP contribution in [0.4, 0.5) is 4.39 Å². The third-order valence-electron chi connectivity index (χ3n) is 4.53. The lowest BCUT2D eigenvalue weighted by molar-refractivity contribution is -0.114. The minimum absolute atomic E-state index is 0.0840. The molecule has 3 rings (SSSR count). The molecule has 22 heavy (non-hydrogen) atoms. The number of ketones is 1. The average Bonchev–Trinajstić information content (AvgIpc) is 3.02. The van der Waals surface area contributed by atoms with E-state index in [0.717, 1.165) is 24.7 Å². The molecule has 1 aliphatic heterocycles. The average molecular weight is 326 g/mol. The fourth-order valence-corrected chi connectivity index (χ4v) is 3.95. The zero-order chi connectivity index (χ0) is 16.1. The summed E-state index contributed by atoms with van der Waals surface area (Å²) in [5.41, 5.74) is 3.54. The number of piperidine rings is 1. The van der Waals surface area contributed by atoms with E-state index >= 15 is 0 Å². The van der Waals surface area contributed by atoms with Crippen molar-refractivity contribution in [3.63, 3.8) is 0 Å². The van der Waals surface area contributed by atoms with E-state index in [1.165, 1.54) is 12.1 Å². The van der Waals surface area contributed by atoms with E-state index in [9.17, 15) is 17.6 Å². The summed E-state index contributed by atoms with van der Waals surface area (Å²) in [6.45, 7) is 2.37. The van der Waals surface area contributed by atoms with E-state index in [1.807, 2.05) is 0 Å². The molecule has 5 nitrogen and oxygen atoms in total. The summed E-state index contributed by atoms with van der Waals surface area (Å²) in [5, 5.41) is 1.74. The SMILES string of the molecule is Cc1cc(F)ccc1C12C(=O)C1CCCN2NCS(C)(=O)=O. The van der Waals surface area contributed by atoms with Gasteiger partial charge in [-0.2, -0.15) is 0 Å². The summed E-state index contributed by atoms with van der Waals surface area (Å²) in [6, 6.07) is 4.40. The van der Waals surface area contributed by atoms with Gasteiger partial charge in [-0.1, -0.05) is 6.07 Å². The molecule has 1 aromatic carbocycles. The van der Waals surface area contributed by atoms with Gasteiger partial charge in [0.2, 0.25) is 0 Å². The zero-order valence-corrected chi connectivity index (χ0v) is 13.4. The lowest BCUT2D eigenvalue weighted by Crippen LogP contribution is -2.51. The topological polar surface area (TPSA) is 66.5 Å². The quantitative estimate of drug-likeness (QED) is 0.898. The summed E-state index contributed by atoms with van der Waals surface area (Å²) in [4.78, 5) is 12.5. The summed E-state index contributed by atoms with van der Waals surface area (Å²) in [7, 11) is -3.20. The molecule has 2 aliphatic rings. The first-order valence-electron chi connectivity index (χ1n) is 7.26. The van der Waals surface area contributed by atoms with Crippen LogP contribution in [-0.2, 0) is 20.2 Å². The minimum Gasteiger partial charge on any atom is -0.297 e. The van der Waals surface area contributed by atoms with Crippen LogP contribution in [0.3, 0.4) is 0 Å². The smallest absolute Gasteiger partial charge is 0.165 e. The van der Waals surface area contributed by atoms with Crippen molar-refractivity contribution in [2.24, 2.45) is 5.92 Å². The first-order chi connectivity index (χ1) is 10.3. The van der Waals surface area contributed by atoms with Crippen LogP contribution in [0.5, 0.6) is 0 Å². The maximum absolute atomic E-state index is 13.4. The Balaban J connectivity index is 1.98. The highest BCUT2D eigenvalue weighted by Crippen LogP contribution is 2.57. The van der Waals surface area contributed by atoms with Crippen molar-refractivity contribution in [2.75, 3.05) is 18.7 Å². The number of benzene rings is 1. The molecule has 2 atom stereocenters. The molecule has 0 aromatic heterocycles. The molecule has 1 heterocycles. The number of halogens is 1. The first kappa shape index (κ1) is 15.6. The van der Waals surface area contributed by atoms with Crippen molar-refractivity contribution in [3.8, 4) is 0 Å².